The number of esters is 1. The molecule has 1 aromatic carbocycles. The van der Waals surface area contributed by atoms with Crippen LogP contribution in [0.15, 0.2) is 42.6 Å². The minimum absolute atomic E-state index is 0.00236. The Kier molecular flexibility index (Phi) is 6.03. The predicted molar refractivity (Wildman–Crippen MR) is 103 cm³/mol. The second-order valence-electron chi connectivity index (χ2n) is 6.32. The van der Waals surface area contributed by atoms with Gasteiger partial charge in [0.1, 0.15) is 5.82 Å². The van der Waals surface area contributed by atoms with Crippen molar-refractivity contribution in [2.24, 2.45) is 0 Å². The lowest BCUT2D eigenvalue weighted by molar-refractivity contribution is 0.0600. The molecular weight excluding hydrogens is 344 g/mol. The van der Waals surface area contributed by atoms with E-state index in [2.05, 4.69) is 22.1 Å². The minimum atomic E-state index is -0.431. The van der Waals surface area contributed by atoms with Gasteiger partial charge in [0.05, 0.1) is 18.4 Å². The molecule has 2 aromatic rings. The first kappa shape index (κ1) is 18.8. The van der Waals surface area contributed by atoms with Crippen LogP contribution in [0.5, 0.6) is 0 Å². The van der Waals surface area contributed by atoms with Gasteiger partial charge in [-0.1, -0.05) is 19.1 Å². The predicted octanol–water partition coefficient (Wildman–Crippen LogP) is 2.39. The van der Waals surface area contributed by atoms with Gasteiger partial charge in [0.25, 0.3) is 5.91 Å². The highest BCUT2D eigenvalue weighted by Gasteiger charge is 2.21. The molecule has 1 aliphatic heterocycles. The van der Waals surface area contributed by atoms with Crippen LogP contribution < -0.4 is 5.32 Å². The summed E-state index contributed by atoms with van der Waals surface area (Å²) in [6, 6.07) is 10.5. The van der Waals surface area contributed by atoms with Crippen LogP contribution in [0.2, 0.25) is 0 Å². The van der Waals surface area contributed by atoms with E-state index < -0.39 is 5.97 Å². The van der Waals surface area contributed by atoms with Crippen molar-refractivity contribution in [1.82, 2.24) is 14.8 Å². The van der Waals surface area contributed by atoms with Crippen LogP contribution in [-0.2, 0) is 4.74 Å². The molecule has 1 aliphatic rings. The number of benzene rings is 1. The smallest absolute Gasteiger partial charge is 0.339 e. The molecule has 1 amide bonds. The van der Waals surface area contributed by atoms with E-state index >= 15 is 0 Å². The molecule has 0 unspecified atom stereocenters. The standard InChI is InChI=1S/C20H24N4O3/c1-3-23-10-12-24(13-11-23)19(25)15-8-9-21-18(14-15)22-17-7-5-4-6-16(17)20(26)27-2/h4-9,14H,3,10-13H2,1-2H3,(H,21,22). The number of hydrogen-bond donors (Lipinski definition) is 1. The Hall–Kier alpha value is -2.93. The first-order valence-corrected chi connectivity index (χ1v) is 9.04. The van der Waals surface area contributed by atoms with Gasteiger partial charge >= 0.3 is 5.97 Å². The number of rotatable bonds is 5. The summed E-state index contributed by atoms with van der Waals surface area (Å²) in [7, 11) is 1.34. The fourth-order valence-electron chi connectivity index (χ4n) is 3.10. The Morgan fingerprint density at radius 1 is 1.15 bits per heavy atom. The van der Waals surface area contributed by atoms with Gasteiger partial charge in [-0.05, 0) is 30.8 Å². The number of aromatic nitrogens is 1. The Morgan fingerprint density at radius 3 is 2.59 bits per heavy atom. The van der Waals surface area contributed by atoms with E-state index in [1.807, 2.05) is 11.0 Å². The Labute approximate surface area is 158 Å². The molecule has 0 saturated carbocycles. The third-order valence-corrected chi connectivity index (χ3v) is 4.71. The van der Waals surface area contributed by atoms with Gasteiger partial charge < -0.3 is 19.9 Å². The van der Waals surface area contributed by atoms with Gasteiger partial charge in [0, 0.05) is 37.9 Å². The number of carbonyl (C=O) groups excluding carboxylic acids is 2. The van der Waals surface area contributed by atoms with Crippen molar-refractivity contribution in [3.05, 3.63) is 53.7 Å². The molecule has 0 spiro atoms. The van der Waals surface area contributed by atoms with E-state index in [-0.39, 0.29) is 5.91 Å². The van der Waals surface area contributed by atoms with Crippen LogP contribution in [0.25, 0.3) is 0 Å². The maximum atomic E-state index is 12.8. The van der Waals surface area contributed by atoms with Gasteiger partial charge in [-0.25, -0.2) is 9.78 Å². The molecule has 0 bridgehead atoms. The number of nitrogens with zero attached hydrogens (tertiary/aromatic N) is 3. The summed E-state index contributed by atoms with van der Waals surface area (Å²) >= 11 is 0. The SMILES string of the molecule is CCN1CCN(C(=O)c2ccnc(Nc3ccccc3C(=O)OC)c2)CC1. The van der Waals surface area contributed by atoms with Crippen LogP contribution in [0.1, 0.15) is 27.6 Å². The monoisotopic (exact) mass is 368 g/mol. The summed E-state index contributed by atoms with van der Waals surface area (Å²) in [5, 5.41) is 3.11. The Morgan fingerprint density at radius 2 is 1.89 bits per heavy atom. The zero-order valence-corrected chi connectivity index (χ0v) is 15.6. The third-order valence-electron chi connectivity index (χ3n) is 4.71. The highest BCUT2D eigenvalue weighted by molar-refractivity contribution is 5.97. The van der Waals surface area contributed by atoms with E-state index in [9.17, 15) is 9.59 Å². The first-order valence-electron chi connectivity index (χ1n) is 9.04. The maximum absolute atomic E-state index is 12.8. The van der Waals surface area contributed by atoms with E-state index in [0.717, 1.165) is 32.7 Å². The number of methoxy groups -OCH3 is 1. The van der Waals surface area contributed by atoms with Crippen molar-refractivity contribution in [2.45, 2.75) is 6.92 Å². The van der Waals surface area contributed by atoms with Gasteiger partial charge in [-0.3, -0.25) is 4.79 Å². The summed E-state index contributed by atoms with van der Waals surface area (Å²) in [6.07, 6.45) is 1.60. The topological polar surface area (TPSA) is 74.8 Å². The number of pyridine rings is 1. The number of para-hydroxylation sites is 1. The fourth-order valence-corrected chi connectivity index (χ4v) is 3.10. The maximum Gasteiger partial charge on any atom is 0.339 e. The quantitative estimate of drug-likeness (QED) is 0.817. The second kappa shape index (κ2) is 8.64. The lowest BCUT2D eigenvalue weighted by Gasteiger charge is -2.34. The molecule has 27 heavy (non-hydrogen) atoms. The van der Waals surface area contributed by atoms with E-state index in [1.165, 1.54) is 7.11 Å². The minimum Gasteiger partial charge on any atom is -0.465 e. The average Bonchev–Trinajstić information content (AvgIpc) is 2.73. The third kappa shape index (κ3) is 4.43. The van der Waals surface area contributed by atoms with Crippen LogP contribution in [0, 0.1) is 0 Å². The number of carbonyl (C=O) groups is 2. The number of ether oxygens (including phenoxy) is 1. The molecule has 1 aromatic heterocycles. The molecule has 7 heteroatoms. The summed E-state index contributed by atoms with van der Waals surface area (Å²) in [5.74, 6) is 0.0704. The summed E-state index contributed by atoms with van der Waals surface area (Å²) in [6.45, 7) is 6.37. The molecular formula is C20H24N4O3. The van der Waals surface area contributed by atoms with E-state index in [1.54, 1.807) is 36.5 Å². The molecule has 3 rings (SSSR count). The fraction of sp³-hybridized carbons (Fsp3) is 0.350. The highest BCUT2D eigenvalue weighted by Crippen LogP contribution is 2.21. The normalized spacial score (nSPS) is 14.7. The molecule has 1 fully saturated rings. The van der Waals surface area contributed by atoms with Crippen LogP contribution >= 0.6 is 0 Å². The molecule has 0 radical (unpaired) electrons. The van der Waals surface area contributed by atoms with Gasteiger partial charge in [-0.2, -0.15) is 0 Å². The molecule has 0 atom stereocenters. The summed E-state index contributed by atoms with van der Waals surface area (Å²) < 4.78 is 4.81. The zero-order chi connectivity index (χ0) is 19.2. The van der Waals surface area contributed by atoms with Crippen molar-refractivity contribution >= 4 is 23.4 Å². The number of amides is 1. The van der Waals surface area contributed by atoms with E-state index in [4.69, 9.17) is 4.74 Å². The Balaban J connectivity index is 1.75. The van der Waals surface area contributed by atoms with Crippen molar-refractivity contribution in [1.29, 1.82) is 0 Å². The molecule has 142 valence electrons. The highest BCUT2D eigenvalue weighted by atomic mass is 16.5. The molecule has 7 nitrogen and oxygen atoms in total. The largest absolute Gasteiger partial charge is 0.465 e. The molecule has 0 aliphatic carbocycles. The van der Waals surface area contributed by atoms with Crippen molar-refractivity contribution in [3.8, 4) is 0 Å². The van der Waals surface area contributed by atoms with Gasteiger partial charge in [0.2, 0.25) is 0 Å². The van der Waals surface area contributed by atoms with E-state index in [0.29, 0.717) is 22.6 Å². The van der Waals surface area contributed by atoms with Crippen LogP contribution in [0.4, 0.5) is 11.5 Å². The number of hydrogen-bond acceptors (Lipinski definition) is 6. The molecule has 2 heterocycles. The number of piperazine rings is 1. The molecule has 1 N–H and O–H groups in total. The summed E-state index contributed by atoms with van der Waals surface area (Å²) in [5.41, 5.74) is 1.57. The summed E-state index contributed by atoms with van der Waals surface area (Å²) in [4.78, 5) is 33.2. The van der Waals surface area contributed by atoms with Crippen molar-refractivity contribution in [2.75, 3.05) is 45.2 Å². The number of nitrogens with one attached hydrogen (secondary N) is 1. The van der Waals surface area contributed by atoms with Gasteiger partial charge in [0.15, 0.2) is 0 Å². The van der Waals surface area contributed by atoms with Crippen LogP contribution in [0.3, 0.4) is 0 Å². The lowest BCUT2D eigenvalue weighted by Crippen LogP contribution is -2.48. The number of anilines is 2. The number of likely N-dealkylation sites (N-methyl/N-ethyl adjacent to an activating group) is 1. The second-order valence-corrected chi connectivity index (χ2v) is 6.32. The average molecular weight is 368 g/mol. The zero-order valence-electron chi connectivity index (χ0n) is 15.6. The first-order chi connectivity index (χ1) is 13.1. The lowest BCUT2D eigenvalue weighted by atomic mass is 10.1. The van der Waals surface area contributed by atoms with Gasteiger partial charge in [-0.15, -0.1) is 0 Å². The van der Waals surface area contributed by atoms with Crippen LogP contribution in [-0.4, -0.2) is 66.5 Å². The van der Waals surface area contributed by atoms with Crippen molar-refractivity contribution < 1.29 is 14.3 Å². The Bertz CT molecular complexity index is 816. The van der Waals surface area contributed by atoms with Crippen molar-refractivity contribution in [3.63, 3.8) is 0 Å². The molecule has 1 saturated heterocycles.